The molecule has 0 saturated heterocycles. The van der Waals surface area contributed by atoms with Gasteiger partial charge in [0.05, 0.1) is 5.92 Å². The van der Waals surface area contributed by atoms with Gasteiger partial charge in [-0.05, 0) is 0 Å². The monoisotopic (exact) mass is 269 g/mol. The number of alkyl halides is 3. The molecule has 9 heteroatoms. The smallest absolute Gasteiger partial charge is 0.445 e. The summed E-state index contributed by atoms with van der Waals surface area (Å²) in [6, 6.07) is 0. The second-order valence-electron chi connectivity index (χ2n) is 3.51. The third kappa shape index (κ3) is 3.55. The molecular formula is C8H10F3N3O2S. The molecule has 0 fully saturated rings. The zero-order valence-corrected chi connectivity index (χ0v) is 9.84. The molecule has 0 bridgehead atoms. The molecule has 0 radical (unpaired) electrons. The van der Waals surface area contributed by atoms with E-state index in [-0.39, 0.29) is 11.7 Å². The van der Waals surface area contributed by atoms with Crippen LogP contribution in [0.1, 0.15) is 11.9 Å². The number of hydrogen-bond acceptors (Lipinski definition) is 5. The van der Waals surface area contributed by atoms with Gasteiger partial charge >= 0.3 is 12.1 Å². The Balaban J connectivity index is 2.74. The molecule has 1 N–H and O–H groups in total. The molecule has 17 heavy (non-hydrogen) atoms. The highest BCUT2D eigenvalue weighted by Crippen LogP contribution is 2.34. The number of aliphatic carboxylic acids is 1. The molecule has 1 aromatic rings. The molecule has 1 aromatic heterocycles. The first-order chi connectivity index (χ1) is 7.71. The number of nitrogens with zero attached hydrogens (tertiary/aromatic N) is 3. The standard InChI is InChI=1S/C8H10F3N3O2S/c1-4(5(15)16)3-14(2)7-13-12-6(17-7)8(9,10)11/h4H,3H2,1-2H3,(H,15,16). The van der Waals surface area contributed by atoms with Crippen molar-refractivity contribution in [1.82, 2.24) is 10.2 Å². The van der Waals surface area contributed by atoms with Crippen molar-refractivity contribution in [2.24, 2.45) is 5.92 Å². The van der Waals surface area contributed by atoms with Crippen LogP contribution in [0, 0.1) is 5.92 Å². The van der Waals surface area contributed by atoms with Crippen molar-refractivity contribution >= 4 is 22.4 Å². The summed E-state index contributed by atoms with van der Waals surface area (Å²) >= 11 is 0.387. The lowest BCUT2D eigenvalue weighted by Crippen LogP contribution is -2.28. The molecule has 0 amide bonds. The zero-order valence-electron chi connectivity index (χ0n) is 9.02. The number of aromatic nitrogens is 2. The van der Waals surface area contributed by atoms with Gasteiger partial charge in [-0.15, -0.1) is 10.2 Å². The average Bonchev–Trinajstić information content (AvgIpc) is 2.65. The van der Waals surface area contributed by atoms with Crippen LogP contribution in [0.3, 0.4) is 0 Å². The van der Waals surface area contributed by atoms with Gasteiger partial charge in [0, 0.05) is 13.6 Å². The van der Waals surface area contributed by atoms with Crippen molar-refractivity contribution in [3.8, 4) is 0 Å². The Hall–Kier alpha value is -1.38. The van der Waals surface area contributed by atoms with Crippen LogP contribution < -0.4 is 4.90 Å². The van der Waals surface area contributed by atoms with Crippen LogP contribution in [-0.4, -0.2) is 34.9 Å². The Bertz CT molecular complexity index is 407. The van der Waals surface area contributed by atoms with E-state index < -0.39 is 23.1 Å². The molecule has 1 rings (SSSR count). The number of carboxylic acids is 1. The Morgan fingerprint density at radius 1 is 1.53 bits per heavy atom. The first-order valence-electron chi connectivity index (χ1n) is 4.56. The number of carboxylic acid groups (broad SMARTS) is 1. The van der Waals surface area contributed by atoms with Crippen LogP contribution >= 0.6 is 11.3 Å². The quantitative estimate of drug-likeness (QED) is 0.901. The van der Waals surface area contributed by atoms with E-state index in [1.54, 1.807) is 0 Å². The maximum atomic E-state index is 12.3. The second kappa shape index (κ2) is 4.86. The van der Waals surface area contributed by atoms with Gasteiger partial charge in [0.15, 0.2) is 0 Å². The van der Waals surface area contributed by atoms with Gasteiger partial charge in [-0.1, -0.05) is 18.3 Å². The van der Waals surface area contributed by atoms with E-state index in [2.05, 4.69) is 10.2 Å². The van der Waals surface area contributed by atoms with Gasteiger partial charge in [-0.2, -0.15) is 13.2 Å². The van der Waals surface area contributed by atoms with E-state index >= 15 is 0 Å². The molecule has 96 valence electrons. The van der Waals surface area contributed by atoms with Gasteiger partial charge in [-0.25, -0.2) is 0 Å². The molecule has 1 atom stereocenters. The minimum atomic E-state index is -4.52. The molecule has 5 nitrogen and oxygen atoms in total. The first kappa shape index (κ1) is 13.7. The first-order valence-corrected chi connectivity index (χ1v) is 5.38. The van der Waals surface area contributed by atoms with Crippen LogP contribution in [0.25, 0.3) is 0 Å². The summed E-state index contributed by atoms with van der Waals surface area (Å²) in [6.45, 7) is 1.53. The summed E-state index contributed by atoms with van der Waals surface area (Å²) in [6.07, 6.45) is -4.52. The molecule has 1 heterocycles. The molecule has 0 aliphatic carbocycles. The molecular weight excluding hydrogens is 259 g/mol. The molecule has 0 aliphatic rings. The summed E-state index contributed by atoms with van der Waals surface area (Å²) in [5, 5.41) is 14.1. The van der Waals surface area contributed by atoms with E-state index in [1.165, 1.54) is 18.9 Å². The van der Waals surface area contributed by atoms with Gasteiger partial charge in [0.2, 0.25) is 10.1 Å². The summed E-state index contributed by atoms with van der Waals surface area (Å²) in [7, 11) is 1.47. The number of halogens is 3. The fourth-order valence-electron chi connectivity index (χ4n) is 1.05. The van der Waals surface area contributed by atoms with E-state index in [1.807, 2.05) is 0 Å². The largest absolute Gasteiger partial charge is 0.481 e. The number of rotatable bonds is 4. The van der Waals surface area contributed by atoms with Crippen molar-refractivity contribution in [3.63, 3.8) is 0 Å². The Labute approximate surface area is 98.9 Å². The van der Waals surface area contributed by atoms with Crippen LogP contribution in [0.2, 0.25) is 0 Å². The molecule has 0 aliphatic heterocycles. The van der Waals surface area contributed by atoms with Crippen molar-refractivity contribution in [1.29, 1.82) is 0 Å². The maximum absolute atomic E-state index is 12.3. The predicted molar refractivity (Wildman–Crippen MR) is 55.0 cm³/mol. The van der Waals surface area contributed by atoms with Gasteiger partial charge < -0.3 is 10.0 Å². The van der Waals surface area contributed by atoms with E-state index in [0.29, 0.717) is 11.3 Å². The minimum absolute atomic E-state index is 0.0467. The molecule has 0 saturated carbocycles. The molecule has 1 unspecified atom stereocenters. The lowest BCUT2D eigenvalue weighted by Gasteiger charge is -2.17. The topological polar surface area (TPSA) is 66.3 Å². The fourth-order valence-corrected chi connectivity index (χ4v) is 1.73. The summed E-state index contributed by atoms with van der Waals surface area (Å²) < 4.78 is 36.8. The Kier molecular flexibility index (Phi) is 3.91. The van der Waals surface area contributed by atoms with Gasteiger partial charge in [0.25, 0.3) is 0 Å². The van der Waals surface area contributed by atoms with E-state index in [0.717, 1.165) is 0 Å². The van der Waals surface area contributed by atoms with Crippen molar-refractivity contribution in [2.45, 2.75) is 13.1 Å². The van der Waals surface area contributed by atoms with Crippen molar-refractivity contribution < 1.29 is 23.1 Å². The second-order valence-corrected chi connectivity index (χ2v) is 4.46. The maximum Gasteiger partial charge on any atom is 0.445 e. The lowest BCUT2D eigenvalue weighted by molar-refractivity contribution is -0.141. The van der Waals surface area contributed by atoms with Crippen LogP contribution in [-0.2, 0) is 11.0 Å². The highest BCUT2D eigenvalue weighted by atomic mass is 32.1. The third-order valence-corrected chi connectivity index (χ3v) is 3.04. The summed E-state index contributed by atoms with van der Waals surface area (Å²) in [5.41, 5.74) is 0. The number of hydrogen-bond donors (Lipinski definition) is 1. The van der Waals surface area contributed by atoms with Crippen LogP contribution in [0.15, 0.2) is 0 Å². The predicted octanol–water partition coefficient (Wildman–Crippen LogP) is 1.71. The highest BCUT2D eigenvalue weighted by Gasteiger charge is 2.36. The van der Waals surface area contributed by atoms with Crippen molar-refractivity contribution in [2.75, 3.05) is 18.5 Å². The summed E-state index contributed by atoms with van der Waals surface area (Å²) in [4.78, 5) is 11.9. The molecule has 0 spiro atoms. The average molecular weight is 269 g/mol. The zero-order chi connectivity index (χ0) is 13.2. The Morgan fingerprint density at radius 3 is 2.53 bits per heavy atom. The third-order valence-electron chi connectivity index (χ3n) is 1.95. The van der Waals surface area contributed by atoms with Crippen molar-refractivity contribution in [3.05, 3.63) is 5.01 Å². The minimum Gasteiger partial charge on any atom is -0.481 e. The number of anilines is 1. The van der Waals surface area contributed by atoms with Gasteiger partial charge in [-0.3, -0.25) is 4.79 Å². The fraction of sp³-hybridized carbons (Fsp3) is 0.625. The van der Waals surface area contributed by atoms with Crippen LogP contribution in [0.5, 0.6) is 0 Å². The van der Waals surface area contributed by atoms with Gasteiger partial charge in [0.1, 0.15) is 0 Å². The SMILES string of the molecule is CC(CN(C)c1nnc(C(F)(F)F)s1)C(=O)O. The van der Waals surface area contributed by atoms with E-state index in [9.17, 15) is 18.0 Å². The molecule has 0 aromatic carbocycles. The van der Waals surface area contributed by atoms with Crippen LogP contribution in [0.4, 0.5) is 18.3 Å². The van der Waals surface area contributed by atoms with E-state index in [4.69, 9.17) is 5.11 Å². The Morgan fingerprint density at radius 2 is 2.12 bits per heavy atom. The lowest BCUT2D eigenvalue weighted by atomic mass is 10.2. The summed E-state index contributed by atoms with van der Waals surface area (Å²) in [5.74, 6) is -1.71. The number of carbonyl (C=O) groups is 1. The normalized spacial score (nSPS) is 13.5. The highest BCUT2D eigenvalue weighted by molar-refractivity contribution is 7.15.